The van der Waals surface area contributed by atoms with Gasteiger partial charge in [0.1, 0.15) is 5.69 Å². The monoisotopic (exact) mass is 265 g/mol. The number of carbonyl (C=O) groups excluding carboxylic acids is 1. The maximum atomic E-state index is 12.5. The number of hydrogen-bond acceptors (Lipinski definition) is 3. The van der Waals surface area contributed by atoms with Crippen molar-refractivity contribution in [2.75, 3.05) is 39.3 Å². The summed E-state index contributed by atoms with van der Waals surface area (Å²) >= 11 is 0. The number of aromatic nitrogens is 1. The highest BCUT2D eigenvalue weighted by molar-refractivity contribution is 5.92. The molecule has 0 saturated carbocycles. The van der Waals surface area contributed by atoms with Crippen molar-refractivity contribution in [3.63, 3.8) is 0 Å². The molecule has 1 aromatic heterocycles. The Morgan fingerprint density at radius 1 is 1.32 bits per heavy atom. The second kappa shape index (κ2) is 6.21. The maximum Gasteiger partial charge on any atom is 0.270 e. The fourth-order valence-corrected chi connectivity index (χ4v) is 2.50. The second-order valence-electron chi connectivity index (χ2n) is 5.25. The van der Waals surface area contributed by atoms with Crippen LogP contribution >= 0.6 is 0 Å². The van der Waals surface area contributed by atoms with Crippen molar-refractivity contribution in [1.82, 2.24) is 14.4 Å². The van der Waals surface area contributed by atoms with Gasteiger partial charge in [-0.2, -0.15) is 0 Å². The van der Waals surface area contributed by atoms with Crippen molar-refractivity contribution in [3.05, 3.63) is 24.0 Å². The number of rotatable bonds is 4. The van der Waals surface area contributed by atoms with E-state index in [1.807, 2.05) is 27.8 Å². The standard InChI is InChI=1S/C14H23N3O2/c1-12(2)17-5-3-4-13(17)14(19)16-8-6-15(7-9-16)10-11-18/h3-5,12,18H,6-11H2,1-2H3. The van der Waals surface area contributed by atoms with Crippen LogP contribution in [0.3, 0.4) is 0 Å². The van der Waals surface area contributed by atoms with E-state index in [-0.39, 0.29) is 12.5 Å². The summed E-state index contributed by atoms with van der Waals surface area (Å²) in [6.07, 6.45) is 1.96. The predicted octanol–water partition coefficient (Wildman–Crippen LogP) is 0.819. The average molecular weight is 265 g/mol. The molecule has 0 aromatic carbocycles. The van der Waals surface area contributed by atoms with E-state index in [1.165, 1.54) is 0 Å². The van der Waals surface area contributed by atoms with Crippen molar-refractivity contribution >= 4 is 5.91 Å². The lowest BCUT2D eigenvalue weighted by atomic mass is 10.2. The summed E-state index contributed by atoms with van der Waals surface area (Å²) in [6.45, 7) is 8.20. The molecule has 1 N–H and O–H groups in total. The number of aliphatic hydroxyl groups excluding tert-OH is 1. The highest BCUT2D eigenvalue weighted by Gasteiger charge is 2.23. The Hall–Kier alpha value is -1.33. The quantitative estimate of drug-likeness (QED) is 0.877. The Morgan fingerprint density at radius 3 is 2.58 bits per heavy atom. The maximum absolute atomic E-state index is 12.5. The number of carbonyl (C=O) groups is 1. The minimum Gasteiger partial charge on any atom is -0.395 e. The van der Waals surface area contributed by atoms with Gasteiger partial charge in [-0.05, 0) is 26.0 Å². The van der Waals surface area contributed by atoms with Crippen LogP contribution in [-0.2, 0) is 0 Å². The number of hydrogen-bond donors (Lipinski definition) is 1. The molecule has 106 valence electrons. The molecule has 1 amide bonds. The zero-order chi connectivity index (χ0) is 13.8. The van der Waals surface area contributed by atoms with E-state index in [9.17, 15) is 4.79 Å². The summed E-state index contributed by atoms with van der Waals surface area (Å²) < 4.78 is 2.02. The van der Waals surface area contributed by atoms with Gasteiger partial charge in [0.05, 0.1) is 6.61 Å². The molecule has 1 aromatic rings. The van der Waals surface area contributed by atoms with Gasteiger partial charge in [0.2, 0.25) is 0 Å². The van der Waals surface area contributed by atoms with E-state index in [0.717, 1.165) is 31.9 Å². The molecule has 1 fully saturated rings. The molecule has 19 heavy (non-hydrogen) atoms. The van der Waals surface area contributed by atoms with E-state index < -0.39 is 0 Å². The normalized spacial score (nSPS) is 17.2. The number of amides is 1. The van der Waals surface area contributed by atoms with Gasteiger partial charge in [0.25, 0.3) is 5.91 Å². The highest BCUT2D eigenvalue weighted by Crippen LogP contribution is 2.14. The molecule has 0 bridgehead atoms. The summed E-state index contributed by atoms with van der Waals surface area (Å²) in [5.74, 6) is 0.113. The molecule has 2 heterocycles. The molecule has 5 heteroatoms. The minimum absolute atomic E-state index is 0.113. The lowest BCUT2D eigenvalue weighted by molar-refractivity contribution is 0.0603. The molecule has 1 saturated heterocycles. The zero-order valence-electron chi connectivity index (χ0n) is 11.7. The molecule has 1 aliphatic rings. The van der Waals surface area contributed by atoms with Crippen molar-refractivity contribution in [2.45, 2.75) is 19.9 Å². The summed E-state index contributed by atoms with van der Waals surface area (Å²) in [5.41, 5.74) is 0.769. The van der Waals surface area contributed by atoms with Gasteiger partial charge in [-0.1, -0.05) is 0 Å². The van der Waals surface area contributed by atoms with E-state index in [0.29, 0.717) is 12.6 Å². The van der Waals surface area contributed by atoms with Crippen LogP contribution in [0.4, 0.5) is 0 Å². The molecule has 0 atom stereocenters. The summed E-state index contributed by atoms with van der Waals surface area (Å²) in [7, 11) is 0. The first kappa shape index (κ1) is 14.1. The Kier molecular flexibility index (Phi) is 4.61. The van der Waals surface area contributed by atoms with Crippen LogP contribution in [0, 0.1) is 0 Å². The van der Waals surface area contributed by atoms with Gasteiger partial charge in [-0.15, -0.1) is 0 Å². The van der Waals surface area contributed by atoms with Gasteiger partial charge < -0.3 is 14.6 Å². The third-order valence-corrected chi connectivity index (χ3v) is 3.63. The van der Waals surface area contributed by atoms with Gasteiger partial charge >= 0.3 is 0 Å². The van der Waals surface area contributed by atoms with E-state index in [1.54, 1.807) is 0 Å². The van der Waals surface area contributed by atoms with Crippen molar-refractivity contribution < 1.29 is 9.90 Å². The number of piperazine rings is 1. The summed E-state index contributed by atoms with van der Waals surface area (Å²) in [6, 6.07) is 4.11. The molecular weight excluding hydrogens is 242 g/mol. The van der Waals surface area contributed by atoms with Gasteiger partial charge in [0, 0.05) is 45.0 Å². The largest absolute Gasteiger partial charge is 0.395 e. The van der Waals surface area contributed by atoms with E-state index in [2.05, 4.69) is 18.7 Å². The molecule has 5 nitrogen and oxygen atoms in total. The van der Waals surface area contributed by atoms with Crippen LogP contribution in [0.15, 0.2) is 18.3 Å². The Bertz CT molecular complexity index is 420. The Morgan fingerprint density at radius 2 is 2.00 bits per heavy atom. The fourth-order valence-electron chi connectivity index (χ4n) is 2.50. The van der Waals surface area contributed by atoms with Crippen LogP contribution in [0.1, 0.15) is 30.4 Å². The van der Waals surface area contributed by atoms with Gasteiger partial charge in [-0.25, -0.2) is 0 Å². The SMILES string of the molecule is CC(C)n1cccc1C(=O)N1CCN(CCO)CC1. The number of aliphatic hydroxyl groups is 1. The topological polar surface area (TPSA) is 48.7 Å². The molecule has 0 spiro atoms. The van der Waals surface area contributed by atoms with Crippen LogP contribution < -0.4 is 0 Å². The predicted molar refractivity (Wildman–Crippen MR) is 74.2 cm³/mol. The van der Waals surface area contributed by atoms with Crippen molar-refractivity contribution in [1.29, 1.82) is 0 Å². The average Bonchev–Trinajstić information content (AvgIpc) is 2.88. The van der Waals surface area contributed by atoms with Crippen LogP contribution in [0.2, 0.25) is 0 Å². The smallest absolute Gasteiger partial charge is 0.270 e. The zero-order valence-corrected chi connectivity index (χ0v) is 11.7. The van der Waals surface area contributed by atoms with Crippen molar-refractivity contribution in [3.8, 4) is 0 Å². The lowest BCUT2D eigenvalue weighted by Gasteiger charge is -2.34. The molecule has 1 aliphatic heterocycles. The van der Waals surface area contributed by atoms with Crippen LogP contribution in [0.5, 0.6) is 0 Å². The molecule has 2 rings (SSSR count). The first-order chi connectivity index (χ1) is 9.13. The molecule has 0 aliphatic carbocycles. The van der Waals surface area contributed by atoms with Crippen LogP contribution in [0.25, 0.3) is 0 Å². The first-order valence-electron chi connectivity index (χ1n) is 6.93. The highest BCUT2D eigenvalue weighted by atomic mass is 16.3. The first-order valence-corrected chi connectivity index (χ1v) is 6.93. The fraction of sp³-hybridized carbons (Fsp3) is 0.643. The summed E-state index contributed by atoms with van der Waals surface area (Å²) in [5, 5.41) is 8.92. The van der Waals surface area contributed by atoms with Gasteiger partial charge in [0.15, 0.2) is 0 Å². The minimum atomic E-state index is 0.113. The molecule has 0 unspecified atom stereocenters. The lowest BCUT2D eigenvalue weighted by Crippen LogP contribution is -2.49. The Balaban J connectivity index is 1.99. The van der Waals surface area contributed by atoms with E-state index >= 15 is 0 Å². The number of β-amino-alcohol motifs (C(OH)–C–C–N with tert-alkyl or cyclic N) is 1. The second-order valence-corrected chi connectivity index (χ2v) is 5.25. The molecular formula is C14H23N3O2. The van der Waals surface area contributed by atoms with Crippen molar-refractivity contribution in [2.24, 2.45) is 0 Å². The third-order valence-electron chi connectivity index (χ3n) is 3.63. The Labute approximate surface area is 114 Å². The number of nitrogens with zero attached hydrogens (tertiary/aromatic N) is 3. The van der Waals surface area contributed by atoms with Crippen LogP contribution in [-0.4, -0.2) is 64.7 Å². The van der Waals surface area contributed by atoms with Gasteiger partial charge in [-0.3, -0.25) is 9.69 Å². The summed E-state index contributed by atoms with van der Waals surface area (Å²) in [4.78, 5) is 16.6. The third kappa shape index (κ3) is 3.16. The van der Waals surface area contributed by atoms with E-state index in [4.69, 9.17) is 5.11 Å². The molecule has 0 radical (unpaired) electrons.